The van der Waals surface area contributed by atoms with E-state index >= 15 is 0 Å². The van der Waals surface area contributed by atoms with Crippen LogP contribution in [0.15, 0.2) is 48.5 Å². The summed E-state index contributed by atoms with van der Waals surface area (Å²) < 4.78 is 16.5. The van der Waals surface area contributed by atoms with Gasteiger partial charge in [-0.1, -0.05) is 12.1 Å². The van der Waals surface area contributed by atoms with Crippen LogP contribution >= 0.6 is 0 Å². The van der Waals surface area contributed by atoms with Gasteiger partial charge in [-0.25, -0.2) is 4.98 Å². The van der Waals surface area contributed by atoms with Crippen LogP contribution in [0.4, 0.5) is 5.82 Å². The Balaban J connectivity index is 1.51. The highest BCUT2D eigenvalue weighted by Gasteiger charge is 2.20. The van der Waals surface area contributed by atoms with Crippen molar-refractivity contribution < 1.29 is 19.3 Å². The fraction of sp³-hybridized carbons (Fsp3) is 0.320. The van der Waals surface area contributed by atoms with Crippen molar-refractivity contribution in [1.82, 2.24) is 9.88 Å². The van der Waals surface area contributed by atoms with Crippen LogP contribution in [0.3, 0.4) is 0 Å². The Morgan fingerprint density at radius 3 is 2.75 bits per heavy atom. The predicted molar refractivity (Wildman–Crippen MR) is 124 cm³/mol. The molecule has 3 aromatic rings. The summed E-state index contributed by atoms with van der Waals surface area (Å²) in [7, 11) is 1.58. The number of aromatic hydroxyl groups is 1. The van der Waals surface area contributed by atoms with E-state index in [1.807, 2.05) is 42.5 Å². The lowest BCUT2D eigenvalue weighted by Crippen LogP contribution is -2.26. The van der Waals surface area contributed by atoms with Gasteiger partial charge in [0.25, 0.3) is 0 Å². The van der Waals surface area contributed by atoms with Gasteiger partial charge in [0.1, 0.15) is 17.3 Å². The largest absolute Gasteiger partial charge is 0.507 e. The molecule has 0 aliphatic carbocycles. The number of methoxy groups -OCH3 is 1. The molecule has 2 aromatic carbocycles. The number of ether oxygens (including phenoxy) is 3. The number of hydrogen-bond acceptors (Lipinski definition) is 7. The lowest BCUT2D eigenvalue weighted by atomic mass is 10.0. The second-order valence-corrected chi connectivity index (χ2v) is 8.02. The molecule has 32 heavy (non-hydrogen) atoms. The molecule has 2 aliphatic rings. The molecule has 1 fully saturated rings. The third-order valence-electron chi connectivity index (χ3n) is 5.95. The van der Waals surface area contributed by atoms with Crippen LogP contribution in [-0.4, -0.2) is 55.1 Å². The Bertz CT molecular complexity index is 1110. The number of rotatable bonds is 7. The van der Waals surface area contributed by atoms with Crippen molar-refractivity contribution in [1.29, 1.82) is 0 Å². The maximum Gasteiger partial charge on any atom is 0.231 e. The first-order valence-electron chi connectivity index (χ1n) is 11.0. The quantitative estimate of drug-likeness (QED) is 0.573. The molecule has 2 N–H and O–H groups in total. The number of nitrogens with zero attached hydrogens (tertiary/aromatic N) is 2. The van der Waals surface area contributed by atoms with E-state index in [1.54, 1.807) is 13.2 Å². The molecule has 1 saturated heterocycles. The van der Waals surface area contributed by atoms with E-state index in [0.717, 1.165) is 54.6 Å². The smallest absolute Gasteiger partial charge is 0.231 e. The number of fused-ring (bicyclic) bond motifs is 1. The van der Waals surface area contributed by atoms with Crippen LogP contribution in [0.25, 0.3) is 22.4 Å². The molecule has 7 heteroatoms. The van der Waals surface area contributed by atoms with Gasteiger partial charge in [0.2, 0.25) is 6.79 Å². The topological polar surface area (TPSA) is 76.1 Å². The summed E-state index contributed by atoms with van der Waals surface area (Å²) in [5.74, 6) is 2.93. The molecule has 5 rings (SSSR count). The number of nitrogens with one attached hydrogen (secondary N) is 1. The van der Waals surface area contributed by atoms with Crippen molar-refractivity contribution in [3.05, 3.63) is 48.5 Å². The van der Waals surface area contributed by atoms with Crippen LogP contribution in [0.5, 0.6) is 23.0 Å². The third-order valence-corrected chi connectivity index (χ3v) is 5.95. The predicted octanol–water partition coefficient (Wildman–Crippen LogP) is 4.37. The van der Waals surface area contributed by atoms with Crippen molar-refractivity contribution in [3.63, 3.8) is 0 Å². The molecule has 7 nitrogen and oxygen atoms in total. The first-order valence-corrected chi connectivity index (χ1v) is 11.0. The first-order chi connectivity index (χ1) is 15.7. The zero-order valence-electron chi connectivity index (χ0n) is 18.1. The molecule has 0 radical (unpaired) electrons. The summed E-state index contributed by atoms with van der Waals surface area (Å²) in [6, 6.07) is 15.1. The molecule has 0 saturated carbocycles. The number of phenolic OH excluding ortho intramolecular Hbond substituents is 1. The van der Waals surface area contributed by atoms with Gasteiger partial charge in [-0.15, -0.1) is 0 Å². The van der Waals surface area contributed by atoms with Crippen LogP contribution in [-0.2, 0) is 0 Å². The van der Waals surface area contributed by atoms with Gasteiger partial charge in [0.05, 0.1) is 12.8 Å². The van der Waals surface area contributed by atoms with Gasteiger partial charge in [-0.3, -0.25) is 0 Å². The Hall–Kier alpha value is -3.45. The maximum atomic E-state index is 10.6. The number of phenols is 1. The van der Waals surface area contributed by atoms with Gasteiger partial charge in [-0.05, 0) is 61.8 Å². The van der Waals surface area contributed by atoms with Crippen molar-refractivity contribution in [3.8, 4) is 45.4 Å². The van der Waals surface area contributed by atoms with Gasteiger partial charge < -0.3 is 29.5 Å². The molecule has 1 aromatic heterocycles. The highest BCUT2D eigenvalue weighted by atomic mass is 16.7. The highest BCUT2D eigenvalue weighted by Crippen LogP contribution is 2.43. The summed E-state index contributed by atoms with van der Waals surface area (Å²) in [6.07, 6.45) is 2.55. The van der Waals surface area contributed by atoms with E-state index in [-0.39, 0.29) is 12.5 Å². The Kier molecular flexibility index (Phi) is 5.73. The summed E-state index contributed by atoms with van der Waals surface area (Å²) in [5, 5.41) is 14.1. The number of benzene rings is 2. The maximum absolute atomic E-state index is 10.6. The Labute approximate surface area is 187 Å². The average Bonchev–Trinajstić information content (AvgIpc) is 3.50. The van der Waals surface area contributed by atoms with Crippen molar-refractivity contribution in [2.24, 2.45) is 0 Å². The summed E-state index contributed by atoms with van der Waals surface area (Å²) >= 11 is 0. The monoisotopic (exact) mass is 433 g/mol. The second kappa shape index (κ2) is 8.96. The van der Waals surface area contributed by atoms with E-state index < -0.39 is 0 Å². The Morgan fingerprint density at radius 1 is 1.06 bits per heavy atom. The van der Waals surface area contributed by atoms with E-state index in [4.69, 9.17) is 19.2 Å². The van der Waals surface area contributed by atoms with Crippen LogP contribution in [0.2, 0.25) is 0 Å². The minimum Gasteiger partial charge on any atom is -0.507 e. The van der Waals surface area contributed by atoms with Crippen molar-refractivity contribution >= 4 is 5.82 Å². The van der Waals surface area contributed by atoms with Gasteiger partial charge >= 0.3 is 0 Å². The number of hydrogen-bond donors (Lipinski definition) is 2. The van der Waals surface area contributed by atoms with Crippen molar-refractivity contribution in [2.45, 2.75) is 12.8 Å². The second-order valence-electron chi connectivity index (χ2n) is 8.02. The fourth-order valence-corrected chi connectivity index (χ4v) is 4.28. The minimum absolute atomic E-state index is 0.120. The van der Waals surface area contributed by atoms with Crippen LogP contribution in [0, 0.1) is 0 Å². The number of para-hydroxylation sites is 1. The van der Waals surface area contributed by atoms with E-state index in [2.05, 4.69) is 10.2 Å². The number of anilines is 1. The summed E-state index contributed by atoms with van der Waals surface area (Å²) in [5.41, 5.74) is 3.18. The fourth-order valence-electron chi connectivity index (χ4n) is 4.28. The number of aromatic nitrogens is 1. The standard InChI is InChI=1S/C25H27N3O4/c1-30-18-7-8-20(22(29)15-18)21-13-17(19-5-4-6-23-25(19)32-16-31-23)14-24(27-21)26-9-12-28-10-2-3-11-28/h4-8,13-15,29H,2-3,9-12,16H2,1H3,(H,26,27). The van der Waals surface area contributed by atoms with E-state index in [0.29, 0.717) is 17.0 Å². The summed E-state index contributed by atoms with van der Waals surface area (Å²) in [6.45, 7) is 4.31. The van der Waals surface area contributed by atoms with Crippen LogP contribution in [0.1, 0.15) is 12.8 Å². The van der Waals surface area contributed by atoms with Gasteiger partial charge in [0, 0.05) is 30.3 Å². The van der Waals surface area contributed by atoms with Crippen molar-refractivity contribution in [2.75, 3.05) is 45.4 Å². The van der Waals surface area contributed by atoms with E-state index in [9.17, 15) is 5.11 Å². The molecular weight excluding hydrogens is 406 g/mol. The molecule has 0 unspecified atom stereocenters. The number of pyridine rings is 1. The lowest BCUT2D eigenvalue weighted by Gasteiger charge is -2.17. The molecule has 166 valence electrons. The van der Waals surface area contributed by atoms with Gasteiger partial charge in [-0.2, -0.15) is 0 Å². The zero-order chi connectivity index (χ0) is 21.9. The van der Waals surface area contributed by atoms with Crippen LogP contribution < -0.4 is 19.5 Å². The Morgan fingerprint density at radius 2 is 1.94 bits per heavy atom. The first kappa shape index (κ1) is 20.5. The molecule has 0 atom stereocenters. The highest BCUT2D eigenvalue weighted by molar-refractivity contribution is 5.81. The minimum atomic E-state index is 0.120. The summed E-state index contributed by atoms with van der Waals surface area (Å²) in [4.78, 5) is 7.26. The van der Waals surface area contributed by atoms with Gasteiger partial charge in [0.15, 0.2) is 11.5 Å². The normalized spacial score (nSPS) is 15.2. The third kappa shape index (κ3) is 4.16. The molecule has 2 aliphatic heterocycles. The number of likely N-dealkylation sites (tertiary alicyclic amines) is 1. The van der Waals surface area contributed by atoms with E-state index in [1.165, 1.54) is 12.8 Å². The zero-order valence-corrected chi connectivity index (χ0v) is 18.1. The molecule has 3 heterocycles. The molecular formula is C25H27N3O4. The SMILES string of the molecule is COc1ccc(-c2cc(-c3cccc4c3OCO4)cc(NCCN3CCCC3)n2)c(O)c1. The molecule has 0 spiro atoms. The molecule has 0 amide bonds. The lowest BCUT2D eigenvalue weighted by molar-refractivity contribution is 0.174. The average molecular weight is 434 g/mol. The molecule has 0 bridgehead atoms.